The topological polar surface area (TPSA) is 122 Å². The fraction of sp³-hybridized carbons (Fsp3) is 0.882. The molecular weight excluding hydrogens is 376 g/mol. The van der Waals surface area contributed by atoms with Gasteiger partial charge in [0.1, 0.15) is 5.78 Å². The van der Waals surface area contributed by atoms with E-state index < -0.39 is 40.5 Å². The van der Waals surface area contributed by atoms with Crippen LogP contribution in [0, 0.1) is 5.41 Å². The summed E-state index contributed by atoms with van der Waals surface area (Å²) in [5.41, 5.74) is 8.64. The molecule has 0 spiro atoms. The first-order valence-corrected chi connectivity index (χ1v) is 12.4. The Morgan fingerprint density at radius 1 is 1.08 bits per heavy atom. The summed E-state index contributed by atoms with van der Waals surface area (Å²) in [4.78, 5) is 14.7. The van der Waals surface area contributed by atoms with Crippen LogP contribution < -0.4 is 0 Å². The zero-order valence-electron chi connectivity index (χ0n) is 15.9. The van der Waals surface area contributed by atoms with Gasteiger partial charge in [0.25, 0.3) is 19.7 Å². The molecular formula is C17H30N2O5S2. The van der Waals surface area contributed by atoms with Crippen LogP contribution in [-0.4, -0.2) is 42.8 Å². The summed E-state index contributed by atoms with van der Waals surface area (Å²) in [5, 5.41) is -0.802. The number of rotatable bonds is 8. The fourth-order valence-corrected chi connectivity index (χ4v) is 7.32. The van der Waals surface area contributed by atoms with Crippen molar-refractivity contribution in [3.63, 3.8) is 0 Å². The third-order valence-electron chi connectivity index (χ3n) is 5.29. The van der Waals surface area contributed by atoms with E-state index in [4.69, 9.17) is 5.53 Å². The maximum Gasteiger partial charge on any atom is 0.495 e. The van der Waals surface area contributed by atoms with Crippen LogP contribution >= 0.6 is 0 Å². The van der Waals surface area contributed by atoms with Crippen molar-refractivity contribution in [2.45, 2.75) is 83.8 Å². The van der Waals surface area contributed by atoms with Gasteiger partial charge >= 0.3 is 4.38 Å². The van der Waals surface area contributed by atoms with Gasteiger partial charge in [-0.05, 0) is 32.1 Å². The van der Waals surface area contributed by atoms with E-state index in [1.165, 1.54) is 0 Å². The maximum absolute atomic E-state index is 12.6. The lowest BCUT2D eigenvalue weighted by atomic mass is 9.83. The van der Waals surface area contributed by atoms with Crippen LogP contribution in [0.1, 0.15) is 78.6 Å². The van der Waals surface area contributed by atoms with Crippen LogP contribution in [0.5, 0.6) is 0 Å². The zero-order valence-corrected chi connectivity index (χ0v) is 17.5. The minimum absolute atomic E-state index is 0.0586. The van der Waals surface area contributed by atoms with Gasteiger partial charge in [-0.1, -0.05) is 40.0 Å². The summed E-state index contributed by atoms with van der Waals surface area (Å²) >= 11 is 0. The second kappa shape index (κ2) is 9.24. The van der Waals surface area contributed by atoms with Crippen LogP contribution in [-0.2, 0) is 24.5 Å². The first-order valence-electron chi connectivity index (χ1n) is 9.21. The van der Waals surface area contributed by atoms with Gasteiger partial charge in [0.2, 0.25) is 0 Å². The molecule has 1 saturated carbocycles. The highest BCUT2D eigenvalue weighted by Crippen LogP contribution is 2.26. The van der Waals surface area contributed by atoms with Crippen molar-refractivity contribution < 1.29 is 26.4 Å². The number of carbonyl (C=O) groups excluding carboxylic acids is 1. The van der Waals surface area contributed by atoms with E-state index in [-0.39, 0.29) is 18.6 Å². The molecule has 0 N–H and O–H groups in total. The third kappa shape index (κ3) is 5.72. The molecule has 1 aliphatic carbocycles. The van der Waals surface area contributed by atoms with E-state index in [9.17, 15) is 21.6 Å². The predicted molar refractivity (Wildman–Crippen MR) is 101 cm³/mol. The Balaban J connectivity index is 2.73. The third-order valence-corrected chi connectivity index (χ3v) is 10.1. The molecule has 7 nitrogen and oxygen atoms in total. The molecule has 26 heavy (non-hydrogen) atoms. The lowest BCUT2D eigenvalue weighted by Gasteiger charge is -2.20. The maximum atomic E-state index is 12.6. The van der Waals surface area contributed by atoms with Crippen LogP contribution in [0.3, 0.4) is 0 Å². The first-order chi connectivity index (χ1) is 12.0. The van der Waals surface area contributed by atoms with Crippen LogP contribution in [0.2, 0.25) is 0 Å². The number of Topliss-reactive ketones (excluding diaryl/α,β-unsaturated/α-hetero) is 1. The van der Waals surface area contributed by atoms with Gasteiger partial charge in [-0.3, -0.25) is 4.79 Å². The second-order valence-corrected chi connectivity index (χ2v) is 12.0. The Morgan fingerprint density at radius 2 is 1.65 bits per heavy atom. The summed E-state index contributed by atoms with van der Waals surface area (Å²) in [6.45, 7) is 5.61. The van der Waals surface area contributed by atoms with Crippen molar-refractivity contribution in [2.24, 2.45) is 5.41 Å². The molecule has 0 aromatic carbocycles. The van der Waals surface area contributed by atoms with Gasteiger partial charge in [-0.2, -0.15) is 0 Å². The monoisotopic (exact) mass is 406 g/mol. The Morgan fingerprint density at radius 3 is 2.15 bits per heavy atom. The van der Waals surface area contributed by atoms with E-state index in [2.05, 4.69) is 4.79 Å². The van der Waals surface area contributed by atoms with Crippen molar-refractivity contribution in [1.82, 2.24) is 0 Å². The van der Waals surface area contributed by atoms with Crippen molar-refractivity contribution >= 4 is 29.8 Å². The normalized spacial score (nSPS) is 16.9. The first kappa shape index (κ1) is 23.0. The molecule has 1 rings (SSSR count). The van der Waals surface area contributed by atoms with Gasteiger partial charge in [0.05, 0.1) is 11.0 Å². The largest absolute Gasteiger partial charge is 0.495 e. The van der Waals surface area contributed by atoms with Crippen molar-refractivity contribution in [2.75, 3.05) is 5.75 Å². The molecule has 0 aromatic heterocycles. The average molecular weight is 407 g/mol. The quantitative estimate of drug-likeness (QED) is 0.202. The fourth-order valence-electron chi connectivity index (χ4n) is 3.01. The molecule has 0 aromatic rings. The number of hydrogen-bond acceptors (Lipinski definition) is 5. The van der Waals surface area contributed by atoms with Crippen molar-refractivity contribution in [3.8, 4) is 0 Å². The molecule has 0 saturated heterocycles. The van der Waals surface area contributed by atoms with Crippen LogP contribution in [0.4, 0.5) is 0 Å². The predicted octanol–water partition coefficient (Wildman–Crippen LogP) is 2.91. The molecule has 150 valence electrons. The van der Waals surface area contributed by atoms with Crippen molar-refractivity contribution in [1.29, 1.82) is 0 Å². The molecule has 0 amide bonds. The Kier molecular flexibility index (Phi) is 8.17. The highest BCUT2D eigenvalue weighted by Gasteiger charge is 2.46. The number of nitrogens with zero attached hydrogens (tertiary/aromatic N) is 2. The number of carbonyl (C=O) groups is 1. The number of ketones is 1. The van der Waals surface area contributed by atoms with E-state index in [0.717, 1.165) is 19.3 Å². The summed E-state index contributed by atoms with van der Waals surface area (Å²) in [5.74, 6) is -0.388. The van der Waals surface area contributed by atoms with Gasteiger partial charge in [-0.25, -0.2) is 16.8 Å². The van der Waals surface area contributed by atoms with Gasteiger partial charge in [0.15, 0.2) is 0 Å². The Labute approximate surface area is 157 Å². The summed E-state index contributed by atoms with van der Waals surface area (Å²) in [7, 11) is -8.39. The molecule has 0 bridgehead atoms. The molecule has 1 fully saturated rings. The highest BCUT2D eigenvalue weighted by atomic mass is 32.3. The SMILES string of the molecule is CCC(C)(C)C(=O)CCCCS(=O)(=O)C(=[N+]=[N-])S(=O)(=O)C1CCCCC1. The van der Waals surface area contributed by atoms with Gasteiger partial charge < -0.3 is 5.53 Å². The Hall–Kier alpha value is -1.05. The molecule has 0 unspecified atom stereocenters. The number of sulfone groups is 2. The summed E-state index contributed by atoms with van der Waals surface area (Å²) in [6.07, 6.45) is 4.58. The van der Waals surface area contributed by atoms with E-state index in [1.807, 2.05) is 20.8 Å². The molecule has 0 atom stereocenters. The lowest BCUT2D eigenvalue weighted by molar-refractivity contribution is -0.127. The molecule has 0 aliphatic heterocycles. The van der Waals surface area contributed by atoms with Crippen LogP contribution in [0.15, 0.2) is 0 Å². The molecule has 0 radical (unpaired) electrons. The summed E-state index contributed by atoms with van der Waals surface area (Å²) in [6, 6.07) is 0. The van der Waals surface area contributed by atoms with Gasteiger partial charge in [-0.15, -0.1) is 4.79 Å². The minimum atomic E-state index is -4.22. The molecule has 0 heterocycles. The average Bonchev–Trinajstić information content (AvgIpc) is 2.59. The lowest BCUT2D eigenvalue weighted by Crippen LogP contribution is -2.36. The highest BCUT2D eigenvalue weighted by molar-refractivity contribution is 8.31. The number of hydrogen-bond donors (Lipinski definition) is 0. The minimum Gasteiger partial charge on any atom is -0.359 e. The van der Waals surface area contributed by atoms with E-state index in [1.54, 1.807) is 0 Å². The van der Waals surface area contributed by atoms with Crippen molar-refractivity contribution in [3.05, 3.63) is 5.53 Å². The van der Waals surface area contributed by atoms with Crippen LogP contribution in [0.25, 0.3) is 5.53 Å². The van der Waals surface area contributed by atoms with Gasteiger partial charge in [0, 0.05) is 11.8 Å². The van der Waals surface area contributed by atoms with E-state index >= 15 is 0 Å². The number of unbranched alkanes of at least 4 members (excludes halogenated alkanes) is 1. The zero-order chi connectivity index (χ0) is 20.0. The standard InChI is InChI=1S/C17H30N2O5S2/c1-4-17(2,3)15(20)12-8-9-13-25(21,22)16(19-18)26(23,24)14-10-6-5-7-11-14/h14H,4-13H2,1-3H3. The summed E-state index contributed by atoms with van der Waals surface area (Å²) < 4.78 is 48.8. The smallest absolute Gasteiger partial charge is 0.359 e. The molecule has 1 aliphatic rings. The Bertz CT molecular complexity index is 757. The second-order valence-electron chi connectivity index (χ2n) is 7.61. The van der Waals surface area contributed by atoms with E-state index in [0.29, 0.717) is 25.7 Å². The molecule has 9 heteroatoms.